The maximum atomic E-state index is 11.7. The number of methoxy groups -OCH3 is 1. The van der Waals surface area contributed by atoms with Crippen molar-refractivity contribution in [3.63, 3.8) is 0 Å². The smallest absolute Gasteiger partial charge is 0.144 e. The van der Waals surface area contributed by atoms with Crippen molar-refractivity contribution in [1.82, 2.24) is 0 Å². The van der Waals surface area contributed by atoms with Crippen molar-refractivity contribution in [2.75, 3.05) is 7.04 Å². The summed E-state index contributed by atoms with van der Waals surface area (Å²) >= 11 is -1.35. The molecule has 0 fully saturated rings. The van der Waals surface area contributed by atoms with Gasteiger partial charge in [0.1, 0.15) is 21.9 Å². The molecule has 0 N–H and O–H groups in total. The topological polar surface area (TPSA) is 44.6 Å². The molecule has 1 aromatic rings. The van der Waals surface area contributed by atoms with Crippen molar-refractivity contribution in [2.24, 2.45) is 4.40 Å². The van der Waals surface area contributed by atoms with Crippen LogP contribution in [0.15, 0.2) is 28.7 Å². The van der Waals surface area contributed by atoms with Crippen LogP contribution >= 0.6 is 0 Å². The molecule has 0 unspecified atom stereocenters. The SMILES string of the molecule is [2H]C([2H])([2H])Oc1cccc(/C=N/[S@@+]([O-])C(C)(C)C)c1. The second-order valence-corrected chi connectivity index (χ2v) is 6.20. The van der Waals surface area contributed by atoms with Gasteiger partial charge in [-0.15, -0.1) is 0 Å². The maximum Gasteiger partial charge on any atom is 0.144 e. The van der Waals surface area contributed by atoms with Crippen LogP contribution in [-0.4, -0.2) is 22.6 Å². The third-order valence-corrected chi connectivity index (χ3v) is 3.14. The molecule has 0 aliphatic rings. The lowest BCUT2D eigenvalue weighted by Gasteiger charge is -2.17. The molecule has 0 saturated carbocycles. The number of ether oxygens (including phenoxy) is 1. The molecule has 0 aromatic heterocycles. The highest BCUT2D eigenvalue weighted by Gasteiger charge is 2.25. The number of hydrogen-bond donors (Lipinski definition) is 0. The lowest BCUT2D eigenvalue weighted by atomic mass is 10.2. The Labute approximate surface area is 104 Å². The molecule has 1 aromatic carbocycles. The van der Waals surface area contributed by atoms with Gasteiger partial charge < -0.3 is 9.29 Å². The van der Waals surface area contributed by atoms with E-state index in [0.717, 1.165) is 0 Å². The Morgan fingerprint density at radius 1 is 1.50 bits per heavy atom. The number of nitrogens with zero attached hydrogens (tertiary/aromatic N) is 1. The summed E-state index contributed by atoms with van der Waals surface area (Å²) in [5.41, 5.74) is 0.638. The quantitative estimate of drug-likeness (QED) is 0.604. The average Bonchev–Trinajstić information content (AvgIpc) is 2.22. The summed E-state index contributed by atoms with van der Waals surface area (Å²) < 4.78 is 41.1. The van der Waals surface area contributed by atoms with E-state index in [1.807, 2.05) is 20.8 Å². The van der Waals surface area contributed by atoms with Crippen molar-refractivity contribution in [3.05, 3.63) is 29.8 Å². The van der Waals surface area contributed by atoms with Crippen LogP contribution in [0.25, 0.3) is 0 Å². The molecule has 0 radical (unpaired) electrons. The van der Waals surface area contributed by atoms with Crippen LogP contribution in [0, 0.1) is 0 Å². The van der Waals surface area contributed by atoms with Gasteiger partial charge in [-0.05, 0) is 32.9 Å². The van der Waals surface area contributed by atoms with Gasteiger partial charge in [0.2, 0.25) is 0 Å². The molecule has 0 saturated heterocycles. The third-order valence-electron chi connectivity index (χ3n) is 1.80. The summed E-state index contributed by atoms with van der Waals surface area (Å²) in [6.07, 6.45) is 1.45. The van der Waals surface area contributed by atoms with Crippen LogP contribution in [0.1, 0.15) is 30.4 Å². The zero-order chi connectivity index (χ0) is 14.7. The summed E-state index contributed by atoms with van der Waals surface area (Å²) in [4.78, 5) is 0. The second-order valence-electron chi connectivity index (χ2n) is 4.27. The number of hydrogen-bond acceptors (Lipinski definition) is 3. The van der Waals surface area contributed by atoms with Gasteiger partial charge in [0.15, 0.2) is 0 Å². The molecule has 0 aliphatic carbocycles. The van der Waals surface area contributed by atoms with Gasteiger partial charge in [0, 0.05) is 5.56 Å². The standard InChI is InChI=1S/C12H17NO2S/c1-12(2,3)16(14)13-9-10-6-5-7-11(8-10)15-4/h5-9H,1-4H3/b13-9+/t16-/m0/s1/i4D3. The van der Waals surface area contributed by atoms with Crippen LogP contribution in [0.4, 0.5) is 0 Å². The summed E-state index contributed by atoms with van der Waals surface area (Å²) in [5.74, 6) is 0.227. The van der Waals surface area contributed by atoms with E-state index in [-0.39, 0.29) is 5.75 Å². The lowest BCUT2D eigenvalue weighted by molar-refractivity contribution is 0.415. The summed E-state index contributed by atoms with van der Waals surface area (Å²) in [6, 6.07) is 6.47. The minimum Gasteiger partial charge on any atom is -0.591 e. The van der Waals surface area contributed by atoms with Gasteiger partial charge in [-0.25, -0.2) is 0 Å². The molecule has 0 aliphatic heterocycles. The van der Waals surface area contributed by atoms with E-state index in [9.17, 15) is 4.55 Å². The minimum absolute atomic E-state index is 0.227. The van der Waals surface area contributed by atoms with Crippen molar-refractivity contribution >= 4 is 17.6 Å². The third kappa shape index (κ3) is 3.87. The normalized spacial score (nSPS) is 17.6. The molecule has 0 amide bonds. The van der Waals surface area contributed by atoms with Crippen LogP contribution in [0.3, 0.4) is 0 Å². The van der Waals surface area contributed by atoms with Crippen molar-refractivity contribution < 1.29 is 13.4 Å². The van der Waals surface area contributed by atoms with Crippen molar-refractivity contribution in [2.45, 2.75) is 25.5 Å². The Bertz CT molecular complexity index is 455. The van der Waals surface area contributed by atoms with E-state index < -0.39 is 23.1 Å². The molecular formula is C12H17NO2S. The fourth-order valence-corrected chi connectivity index (χ4v) is 1.46. The highest BCUT2D eigenvalue weighted by atomic mass is 32.2. The maximum absolute atomic E-state index is 11.7. The molecule has 0 heterocycles. The van der Waals surface area contributed by atoms with Crippen LogP contribution < -0.4 is 4.74 Å². The number of benzene rings is 1. The summed E-state index contributed by atoms with van der Waals surface area (Å²) in [6.45, 7) is 5.48. The molecule has 3 nitrogen and oxygen atoms in total. The van der Waals surface area contributed by atoms with E-state index in [0.29, 0.717) is 5.56 Å². The summed E-state index contributed by atoms with van der Waals surface area (Å²) in [7, 11) is -2.48. The van der Waals surface area contributed by atoms with E-state index in [2.05, 4.69) is 4.40 Å². The molecule has 0 bridgehead atoms. The van der Waals surface area contributed by atoms with Gasteiger partial charge in [0.25, 0.3) is 0 Å². The lowest BCUT2D eigenvalue weighted by Crippen LogP contribution is -2.25. The first kappa shape index (κ1) is 9.07. The largest absolute Gasteiger partial charge is 0.591 e. The summed E-state index contributed by atoms with van der Waals surface area (Å²) in [5, 5.41) is 0. The van der Waals surface area contributed by atoms with Crippen molar-refractivity contribution in [1.29, 1.82) is 0 Å². The Kier molecular flexibility index (Phi) is 3.04. The molecule has 88 valence electrons. The molecule has 1 rings (SSSR count). The van der Waals surface area contributed by atoms with Gasteiger partial charge in [-0.1, -0.05) is 16.5 Å². The molecule has 0 spiro atoms. The highest BCUT2D eigenvalue weighted by molar-refractivity contribution is 7.91. The molecule has 1 atom stereocenters. The predicted octanol–water partition coefficient (Wildman–Crippen LogP) is 2.58. The van der Waals surface area contributed by atoms with Crippen molar-refractivity contribution in [3.8, 4) is 5.75 Å². The van der Waals surface area contributed by atoms with E-state index in [1.54, 1.807) is 18.2 Å². The van der Waals surface area contributed by atoms with Gasteiger partial charge in [-0.3, -0.25) is 0 Å². The Balaban J connectivity index is 2.80. The van der Waals surface area contributed by atoms with Crippen LogP contribution in [0.2, 0.25) is 0 Å². The first-order chi connectivity index (χ1) is 8.58. The van der Waals surface area contributed by atoms with E-state index in [1.165, 1.54) is 12.3 Å². The monoisotopic (exact) mass is 242 g/mol. The van der Waals surface area contributed by atoms with E-state index in [4.69, 9.17) is 8.85 Å². The fourth-order valence-electron chi connectivity index (χ4n) is 0.925. The van der Waals surface area contributed by atoms with E-state index >= 15 is 0 Å². The zero-order valence-corrected chi connectivity index (χ0v) is 10.4. The van der Waals surface area contributed by atoms with Crippen LogP contribution in [0.5, 0.6) is 5.75 Å². The Morgan fingerprint density at radius 3 is 2.88 bits per heavy atom. The molecule has 4 heteroatoms. The van der Waals surface area contributed by atoms with Gasteiger partial charge >= 0.3 is 0 Å². The van der Waals surface area contributed by atoms with Gasteiger partial charge in [-0.2, -0.15) is 0 Å². The zero-order valence-electron chi connectivity index (χ0n) is 12.6. The van der Waals surface area contributed by atoms with Gasteiger partial charge in [0.05, 0.1) is 17.4 Å². The molecular weight excluding hydrogens is 222 g/mol. The minimum atomic E-state index is -2.48. The first-order valence-corrected chi connectivity index (χ1v) is 5.94. The fraction of sp³-hybridized carbons (Fsp3) is 0.417. The second kappa shape index (κ2) is 5.37. The van der Waals surface area contributed by atoms with Crippen LogP contribution in [-0.2, 0) is 11.4 Å². The predicted molar refractivity (Wildman–Crippen MR) is 68.5 cm³/mol. The first-order valence-electron chi connectivity index (χ1n) is 6.33. The Hall–Kier alpha value is -1.00. The Morgan fingerprint density at radius 2 is 2.25 bits per heavy atom. The molecule has 16 heavy (non-hydrogen) atoms. The number of rotatable bonds is 3. The average molecular weight is 242 g/mol. The highest BCUT2D eigenvalue weighted by Crippen LogP contribution is 2.17.